The fourth-order valence-electron chi connectivity index (χ4n) is 1.57. The standard InChI is InChI=1S/C13H26N4OS/c1-3-14-13(16-9-10-19-2)15-8-4-5-12(18)17-11-6-7-11/h11H,3-10H2,1-2H3,(H,17,18)(H2,14,15,16). The van der Waals surface area contributed by atoms with Crippen LogP contribution in [0, 0.1) is 0 Å². The fraction of sp³-hybridized carbons (Fsp3) is 0.846. The summed E-state index contributed by atoms with van der Waals surface area (Å²) in [5.41, 5.74) is 0. The summed E-state index contributed by atoms with van der Waals surface area (Å²) in [7, 11) is 0. The maximum absolute atomic E-state index is 11.5. The first-order valence-corrected chi connectivity index (χ1v) is 8.46. The average molecular weight is 286 g/mol. The molecule has 1 saturated carbocycles. The third-order valence-corrected chi connectivity index (χ3v) is 3.33. The minimum atomic E-state index is 0.165. The Morgan fingerprint density at radius 3 is 2.79 bits per heavy atom. The van der Waals surface area contributed by atoms with Gasteiger partial charge in [0.25, 0.3) is 0 Å². The molecule has 19 heavy (non-hydrogen) atoms. The molecule has 1 fully saturated rings. The zero-order valence-electron chi connectivity index (χ0n) is 12.0. The number of amides is 1. The van der Waals surface area contributed by atoms with E-state index >= 15 is 0 Å². The summed E-state index contributed by atoms with van der Waals surface area (Å²) in [6, 6.07) is 0.460. The second kappa shape index (κ2) is 9.95. The maximum atomic E-state index is 11.5. The van der Waals surface area contributed by atoms with Crippen LogP contribution in [0.15, 0.2) is 4.99 Å². The van der Waals surface area contributed by atoms with E-state index in [1.807, 2.05) is 11.8 Å². The topological polar surface area (TPSA) is 65.5 Å². The van der Waals surface area contributed by atoms with E-state index in [0.29, 0.717) is 19.0 Å². The number of guanidine groups is 1. The average Bonchev–Trinajstić information content (AvgIpc) is 3.18. The van der Waals surface area contributed by atoms with E-state index in [0.717, 1.165) is 44.1 Å². The van der Waals surface area contributed by atoms with Gasteiger partial charge in [0.2, 0.25) is 5.91 Å². The van der Waals surface area contributed by atoms with Gasteiger partial charge in [-0.3, -0.25) is 9.79 Å². The molecule has 1 aliphatic rings. The molecule has 6 heteroatoms. The monoisotopic (exact) mass is 286 g/mol. The molecule has 5 nitrogen and oxygen atoms in total. The highest BCUT2D eigenvalue weighted by Gasteiger charge is 2.22. The molecule has 3 N–H and O–H groups in total. The van der Waals surface area contributed by atoms with Crippen LogP contribution >= 0.6 is 11.8 Å². The largest absolute Gasteiger partial charge is 0.357 e. The molecule has 0 aliphatic heterocycles. The van der Waals surface area contributed by atoms with Crippen molar-refractivity contribution in [1.29, 1.82) is 0 Å². The fourth-order valence-corrected chi connectivity index (χ4v) is 1.88. The van der Waals surface area contributed by atoms with Gasteiger partial charge in [0.15, 0.2) is 5.96 Å². The third-order valence-electron chi connectivity index (χ3n) is 2.72. The molecule has 0 aromatic rings. The minimum Gasteiger partial charge on any atom is -0.357 e. The Labute approximate surface area is 120 Å². The second-order valence-corrected chi connectivity index (χ2v) is 5.61. The van der Waals surface area contributed by atoms with Crippen LogP contribution in [0.25, 0.3) is 0 Å². The van der Waals surface area contributed by atoms with Gasteiger partial charge in [0, 0.05) is 37.8 Å². The Kier molecular flexibility index (Phi) is 8.45. The van der Waals surface area contributed by atoms with Crippen molar-refractivity contribution < 1.29 is 4.79 Å². The summed E-state index contributed by atoms with van der Waals surface area (Å²) in [6.45, 7) is 4.50. The second-order valence-electron chi connectivity index (χ2n) is 4.63. The molecule has 0 heterocycles. The summed E-state index contributed by atoms with van der Waals surface area (Å²) in [5.74, 6) is 2.07. The summed E-state index contributed by atoms with van der Waals surface area (Å²) in [4.78, 5) is 15.9. The Morgan fingerprint density at radius 2 is 2.16 bits per heavy atom. The predicted molar refractivity (Wildman–Crippen MR) is 82.8 cm³/mol. The molecular formula is C13H26N4OS. The highest BCUT2D eigenvalue weighted by Crippen LogP contribution is 2.18. The zero-order chi connectivity index (χ0) is 13.9. The van der Waals surface area contributed by atoms with Gasteiger partial charge in [-0.2, -0.15) is 11.8 Å². The molecule has 0 bridgehead atoms. The van der Waals surface area contributed by atoms with E-state index in [4.69, 9.17) is 0 Å². The van der Waals surface area contributed by atoms with Crippen molar-refractivity contribution in [2.75, 3.05) is 31.6 Å². The molecule has 0 atom stereocenters. The zero-order valence-corrected chi connectivity index (χ0v) is 12.8. The molecule has 0 aromatic carbocycles. The van der Waals surface area contributed by atoms with Crippen LogP contribution in [0.1, 0.15) is 32.6 Å². The number of nitrogens with one attached hydrogen (secondary N) is 3. The summed E-state index contributed by atoms with van der Waals surface area (Å²) < 4.78 is 0. The summed E-state index contributed by atoms with van der Waals surface area (Å²) in [5, 5.41) is 9.46. The highest BCUT2D eigenvalue weighted by atomic mass is 32.2. The molecule has 110 valence electrons. The number of carbonyl (C=O) groups excluding carboxylic acids is 1. The first-order chi connectivity index (χ1) is 9.26. The van der Waals surface area contributed by atoms with Crippen molar-refractivity contribution in [2.45, 2.75) is 38.6 Å². The number of hydrogen-bond donors (Lipinski definition) is 3. The quantitative estimate of drug-likeness (QED) is 0.336. The van der Waals surface area contributed by atoms with E-state index in [2.05, 4.69) is 34.1 Å². The van der Waals surface area contributed by atoms with E-state index in [-0.39, 0.29) is 5.91 Å². The number of thioether (sulfide) groups is 1. The Morgan fingerprint density at radius 1 is 1.37 bits per heavy atom. The predicted octanol–water partition coefficient (Wildman–Crippen LogP) is 0.963. The molecule has 1 amide bonds. The number of hydrogen-bond acceptors (Lipinski definition) is 3. The van der Waals surface area contributed by atoms with Crippen molar-refractivity contribution in [2.24, 2.45) is 4.99 Å². The summed E-state index contributed by atoms with van der Waals surface area (Å²) >= 11 is 1.81. The lowest BCUT2D eigenvalue weighted by atomic mass is 10.3. The molecule has 1 aliphatic carbocycles. The van der Waals surface area contributed by atoms with Gasteiger partial charge in [0.05, 0.1) is 0 Å². The molecule has 0 aromatic heterocycles. The first kappa shape index (κ1) is 16.1. The van der Waals surface area contributed by atoms with Crippen molar-refractivity contribution in [3.8, 4) is 0 Å². The third kappa shape index (κ3) is 8.75. The number of rotatable bonds is 9. The van der Waals surface area contributed by atoms with E-state index in [1.54, 1.807) is 0 Å². The molecule has 0 unspecified atom stereocenters. The van der Waals surface area contributed by atoms with Gasteiger partial charge in [-0.1, -0.05) is 0 Å². The Balaban J connectivity index is 2.12. The number of aliphatic imine (C=N–C) groups is 1. The van der Waals surface area contributed by atoms with Crippen LogP contribution in [0.2, 0.25) is 0 Å². The van der Waals surface area contributed by atoms with E-state index in [1.165, 1.54) is 0 Å². The molecule has 0 saturated heterocycles. The minimum absolute atomic E-state index is 0.165. The van der Waals surface area contributed by atoms with Gasteiger partial charge in [-0.05, 0) is 32.4 Å². The number of carbonyl (C=O) groups is 1. The lowest BCUT2D eigenvalue weighted by Crippen LogP contribution is -2.38. The number of nitrogens with zero attached hydrogens (tertiary/aromatic N) is 1. The lowest BCUT2D eigenvalue weighted by molar-refractivity contribution is -0.121. The van der Waals surface area contributed by atoms with Crippen molar-refractivity contribution in [3.05, 3.63) is 0 Å². The molecular weight excluding hydrogens is 260 g/mol. The van der Waals surface area contributed by atoms with Gasteiger partial charge in [0.1, 0.15) is 0 Å². The van der Waals surface area contributed by atoms with Crippen LogP contribution in [0.4, 0.5) is 0 Å². The normalized spacial score (nSPS) is 15.2. The smallest absolute Gasteiger partial charge is 0.220 e. The van der Waals surface area contributed by atoms with Crippen molar-refractivity contribution >= 4 is 23.6 Å². The van der Waals surface area contributed by atoms with Gasteiger partial charge in [-0.15, -0.1) is 0 Å². The van der Waals surface area contributed by atoms with E-state index < -0.39 is 0 Å². The molecule has 0 radical (unpaired) electrons. The van der Waals surface area contributed by atoms with Gasteiger partial charge >= 0.3 is 0 Å². The summed E-state index contributed by atoms with van der Waals surface area (Å²) in [6.07, 6.45) is 5.76. The SMILES string of the molecule is CCNC(=NCCCC(=O)NC1CC1)NCCSC. The van der Waals surface area contributed by atoms with Crippen molar-refractivity contribution in [1.82, 2.24) is 16.0 Å². The van der Waals surface area contributed by atoms with Crippen molar-refractivity contribution in [3.63, 3.8) is 0 Å². The van der Waals surface area contributed by atoms with Crippen LogP contribution in [0.5, 0.6) is 0 Å². The van der Waals surface area contributed by atoms with Crippen LogP contribution in [-0.4, -0.2) is 49.6 Å². The lowest BCUT2D eigenvalue weighted by Gasteiger charge is -2.10. The van der Waals surface area contributed by atoms with E-state index in [9.17, 15) is 4.79 Å². The Bertz CT molecular complexity index is 292. The van der Waals surface area contributed by atoms with Crippen LogP contribution in [-0.2, 0) is 4.79 Å². The molecule has 0 spiro atoms. The molecule has 1 rings (SSSR count). The highest BCUT2D eigenvalue weighted by molar-refractivity contribution is 7.98. The maximum Gasteiger partial charge on any atom is 0.220 e. The van der Waals surface area contributed by atoms with Gasteiger partial charge < -0.3 is 16.0 Å². The Hall–Kier alpha value is -0.910. The van der Waals surface area contributed by atoms with Crippen LogP contribution in [0.3, 0.4) is 0 Å². The van der Waals surface area contributed by atoms with Crippen LogP contribution < -0.4 is 16.0 Å². The first-order valence-electron chi connectivity index (χ1n) is 7.06. The van der Waals surface area contributed by atoms with Gasteiger partial charge in [-0.25, -0.2) is 0 Å².